The van der Waals surface area contributed by atoms with Crippen molar-refractivity contribution >= 4 is 5.91 Å². The lowest BCUT2D eigenvalue weighted by atomic mass is 9.66. The number of pyridine rings is 1. The van der Waals surface area contributed by atoms with E-state index in [2.05, 4.69) is 16.9 Å². The van der Waals surface area contributed by atoms with Crippen molar-refractivity contribution < 1.29 is 9.90 Å². The number of hydrogen-bond acceptors (Lipinski definition) is 4. The molecule has 2 aliphatic heterocycles. The average molecular weight is 315 g/mol. The molecule has 1 N–H and O–H groups in total. The van der Waals surface area contributed by atoms with Gasteiger partial charge in [-0.05, 0) is 32.4 Å². The molecule has 1 saturated carbocycles. The highest BCUT2D eigenvalue weighted by Crippen LogP contribution is 2.51. The first-order valence-corrected chi connectivity index (χ1v) is 8.66. The summed E-state index contributed by atoms with van der Waals surface area (Å²) >= 11 is 0. The molecule has 1 spiro atoms. The molecule has 124 valence electrons. The second-order valence-corrected chi connectivity index (χ2v) is 7.70. The number of fused-ring (bicyclic) bond motifs is 1. The fraction of sp³-hybridized carbons (Fsp3) is 0.667. The molecule has 5 heteroatoms. The largest absolute Gasteiger partial charge is 0.387 e. The quantitative estimate of drug-likeness (QED) is 0.902. The third-order valence-corrected chi connectivity index (χ3v) is 6.26. The second-order valence-electron chi connectivity index (χ2n) is 7.70. The molecule has 5 nitrogen and oxygen atoms in total. The molecule has 1 atom stereocenters. The molecule has 0 bridgehead atoms. The fourth-order valence-electron chi connectivity index (χ4n) is 4.96. The van der Waals surface area contributed by atoms with Gasteiger partial charge < -0.3 is 14.9 Å². The third kappa shape index (κ3) is 2.29. The van der Waals surface area contributed by atoms with Gasteiger partial charge in [-0.2, -0.15) is 0 Å². The number of amides is 1. The number of aromatic nitrogens is 1. The zero-order valence-electron chi connectivity index (χ0n) is 13.8. The Labute approximate surface area is 137 Å². The minimum atomic E-state index is -0.763. The van der Waals surface area contributed by atoms with E-state index in [0.717, 1.165) is 43.5 Å². The van der Waals surface area contributed by atoms with Gasteiger partial charge in [-0.25, -0.2) is 0 Å². The van der Waals surface area contributed by atoms with Crippen LogP contribution < -0.4 is 0 Å². The first-order valence-electron chi connectivity index (χ1n) is 8.66. The summed E-state index contributed by atoms with van der Waals surface area (Å²) in [5, 5.41) is 11.6. The highest BCUT2D eigenvalue weighted by molar-refractivity contribution is 5.98. The molecule has 1 aromatic rings. The number of carbonyl (C=O) groups excluding carboxylic acids is 1. The molecule has 23 heavy (non-hydrogen) atoms. The molecule has 1 amide bonds. The van der Waals surface area contributed by atoms with Gasteiger partial charge in [0.25, 0.3) is 5.91 Å². The van der Waals surface area contributed by atoms with Crippen molar-refractivity contribution in [2.75, 3.05) is 26.7 Å². The van der Waals surface area contributed by atoms with Crippen molar-refractivity contribution in [2.24, 2.45) is 5.41 Å². The van der Waals surface area contributed by atoms with E-state index in [4.69, 9.17) is 0 Å². The Morgan fingerprint density at radius 3 is 2.83 bits per heavy atom. The highest BCUT2D eigenvalue weighted by atomic mass is 16.3. The predicted molar refractivity (Wildman–Crippen MR) is 86.9 cm³/mol. The SMILES string of the molecule is CN1CCC(O)(CN2Cc3cnccc3C2=O)C2(CCCC2)C1. The van der Waals surface area contributed by atoms with Crippen molar-refractivity contribution in [3.8, 4) is 0 Å². The first kappa shape index (κ1) is 15.1. The van der Waals surface area contributed by atoms with Gasteiger partial charge in [-0.1, -0.05) is 12.8 Å². The van der Waals surface area contributed by atoms with Crippen molar-refractivity contribution in [3.05, 3.63) is 29.6 Å². The van der Waals surface area contributed by atoms with Gasteiger partial charge in [0, 0.05) is 48.6 Å². The molecule has 3 aliphatic rings. The van der Waals surface area contributed by atoms with Gasteiger partial charge in [0.1, 0.15) is 0 Å². The van der Waals surface area contributed by atoms with Gasteiger partial charge in [0.05, 0.1) is 12.1 Å². The molecule has 0 radical (unpaired) electrons. The van der Waals surface area contributed by atoms with Crippen LogP contribution in [0.5, 0.6) is 0 Å². The lowest BCUT2D eigenvalue weighted by Crippen LogP contribution is -2.62. The monoisotopic (exact) mass is 315 g/mol. The van der Waals surface area contributed by atoms with Gasteiger partial charge in [-0.15, -0.1) is 0 Å². The molecule has 2 fully saturated rings. The summed E-state index contributed by atoms with van der Waals surface area (Å²) in [7, 11) is 2.14. The van der Waals surface area contributed by atoms with Crippen LogP contribution in [0.2, 0.25) is 0 Å². The fourth-order valence-corrected chi connectivity index (χ4v) is 4.96. The molecule has 1 unspecified atom stereocenters. The topological polar surface area (TPSA) is 56.7 Å². The Hall–Kier alpha value is -1.46. The Morgan fingerprint density at radius 2 is 2.09 bits per heavy atom. The Bertz CT molecular complexity index is 626. The summed E-state index contributed by atoms with van der Waals surface area (Å²) in [6.45, 7) is 2.87. The summed E-state index contributed by atoms with van der Waals surface area (Å²) in [6.07, 6.45) is 8.72. The van der Waals surface area contributed by atoms with Gasteiger partial charge in [0.15, 0.2) is 0 Å². The maximum absolute atomic E-state index is 12.7. The molecular weight excluding hydrogens is 290 g/mol. The summed E-state index contributed by atoms with van der Waals surface area (Å²) in [6, 6.07) is 1.79. The molecule has 1 aliphatic carbocycles. The first-order chi connectivity index (χ1) is 11.0. The van der Waals surface area contributed by atoms with E-state index in [-0.39, 0.29) is 11.3 Å². The molecule has 4 rings (SSSR count). The maximum atomic E-state index is 12.7. The Morgan fingerprint density at radius 1 is 1.30 bits per heavy atom. The number of carbonyl (C=O) groups is 1. The van der Waals surface area contributed by atoms with E-state index in [9.17, 15) is 9.90 Å². The van der Waals surface area contributed by atoms with Crippen molar-refractivity contribution in [2.45, 2.75) is 44.2 Å². The van der Waals surface area contributed by atoms with Crippen LogP contribution in [-0.4, -0.2) is 58.1 Å². The van der Waals surface area contributed by atoms with Crippen molar-refractivity contribution in [1.82, 2.24) is 14.8 Å². The Balaban J connectivity index is 1.59. The van der Waals surface area contributed by atoms with Gasteiger partial charge in [0.2, 0.25) is 0 Å². The molecule has 3 heterocycles. The maximum Gasteiger partial charge on any atom is 0.254 e. The van der Waals surface area contributed by atoms with Crippen LogP contribution in [0.25, 0.3) is 0 Å². The summed E-state index contributed by atoms with van der Waals surface area (Å²) in [4.78, 5) is 20.9. The molecular formula is C18H25N3O2. The van der Waals surface area contributed by atoms with E-state index in [1.807, 2.05) is 4.90 Å². The lowest BCUT2D eigenvalue weighted by Gasteiger charge is -2.52. The Kier molecular flexibility index (Phi) is 3.46. The minimum absolute atomic E-state index is 0.0444. The van der Waals surface area contributed by atoms with Crippen LogP contribution in [0.4, 0.5) is 0 Å². The smallest absolute Gasteiger partial charge is 0.254 e. The van der Waals surface area contributed by atoms with Crippen LogP contribution in [0.1, 0.15) is 48.0 Å². The van der Waals surface area contributed by atoms with E-state index in [1.54, 1.807) is 18.5 Å². The number of likely N-dealkylation sites (tertiary alicyclic amines) is 1. The zero-order valence-corrected chi connectivity index (χ0v) is 13.8. The normalized spacial score (nSPS) is 30.2. The van der Waals surface area contributed by atoms with Crippen LogP contribution in [0.15, 0.2) is 18.5 Å². The van der Waals surface area contributed by atoms with Gasteiger partial charge in [-0.3, -0.25) is 9.78 Å². The summed E-state index contributed by atoms with van der Waals surface area (Å²) in [5.74, 6) is 0.0444. The highest BCUT2D eigenvalue weighted by Gasteiger charge is 2.55. The summed E-state index contributed by atoms with van der Waals surface area (Å²) in [5.41, 5.74) is 0.917. The number of nitrogens with zero attached hydrogens (tertiary/aromatic N) is 3. The number of β-amino-alcohol motifs (C(OH)–C–C–N with tert-alkyl or cyclic N) is 1. The van der Waals surface area contributed by atoms with Crippen LogP contribution in [0.3, 0.4) is 0 Å². The molecule has 0 aromatic carbocycles. The number of rotatable bonds is 2. The van der Waals surface area contributed by atoms with Crippen LogP contribution in [-0.2, 0) is 6.54 Å². The second kappa shape index (κ2) is 5.28. The van der Waals surface area contributed by atoms with Gasteiger partial charge >= 0.3 is 0 Å². The van der Waals surface area contributed by atoms with E-state index in [0.29, 0.717) is 13.1 Å². The molecule has 1 aromatic heterocycles. The number of hydrogen-bond donors (Lipinski definition) is 1. The third-order valence-electron chi connectivity index (χ3n) is 6.26. The van der Waals surface area contributed by atoms with E-state index in [1.165, 1.54) is 12.8 Å². The minimum Gasteiger partial charge on any atom is -0.387 e. The van der Waals surface area contributed by atoms with Crippen molar-refractivity contribution in [3.63, 3.8) is 0 Å². The predicted octanol–water partition coefficient (Wildman–Crippen LogP) is 1.66. The number of aliphatic hydroxyl groups is 1. The number of piperidine rings is 1. The summed E-state index contributed by atoms with van der Waals surface area (Å²) < 4.78 is 0. The van der Waals surface area contributed by atoms with Crippen molar-refractivity contribution in [1.29, 1.82) is 0 Å². The van der Waals surface area contributed by atoms with Crippen LogP contribution in [0, 0.1) is 5.41 Å². The average Bonchev–Trinajstić information content (AvgIpc) is 3.12. The van der Waals surface area contributed by atoms with Crippen LogP contribution >= 0.6 is 0 Å². The standard InChI is InChI=1S/C18H25N3O2/c1-20-9-7-18(23,17(12-20)5-2-3-6-17)13-21-11-14-10-19-8-4-15(14)16(21)22/h4,8,10,23H,2-3,5-7,9,11-13H2,1H3. The zero-order chi connectivity index (χ0) is 16.1. The van der Waals surface area contributed by atoms with E-state index >= 15 is 0 Å². The molecule has 1 saturated heterocycles. The lowest BCUT2D eigenvalue weighted by molar-refractivity contribution is -0.138. The van der Waals surface area contributed by atoms with E-state index < -0.39 is 5.60 Å².